The largest absolute Gasteiger partial charge is 0.496 e. The molecule has 0 aliphatic carbocycles. The fourth-order valence-electron chi connectivity index (χ4n) is 3.92. The number of ether oxygens (including phenoxy) is 3. The number of nitrogens with zero attached hydrogens (tertiary/aromatic N) is 3. The second-order valence-electron chi connectivity index (χ2n) is 7.75. The highest BCUT2D eigenvalue weighted by atomic mass is 32.1. The molecule has 5 rings (SSSR count). The normalized spacial score (nSPS) is 13.0. The molecule has 2 aromatic heterocycles. The molecule has 10 heteroatoms. The summed E-state index contributed by atoms with van der Waals surface area (Å²) in [7, 11) is 1.48. The van der Waals surface area contributed by atoms with E-state index < -0.39 is 11.9 Å². The maximum atomic E-state index is 13.6. The van der Waals surface area contributed by atoms with Crippen molar-refractivity contribution in [3.8, 4) is 16.3 Å². The Hall–Kier alpha value is -3.50. The number of methoxy groups -OCH3 is 1. The summed E-state index contributed by atoms with van der Waals surface area (Å²) in [6.45, 7) is 4.02. The standard InChI is InChI=1S/C24H23FN4O4S/c1-3-17-23(34-22(27-17)16-6-5-15(25)11-20(16)31-2)28-24(30)33-12-14-4-7-19-18(10-14)26-21-13-32-9-8-29(19)21/h4-7,10-11H,3,8-9,12-13H2,1-2H3,(H,28,30). The number of fused-ring (bicyclic) bond motifs is 3. The number of imidazole rings is 1. The Bertz CT molecular complexity index is 1370. The molecule has 176 valence electrons. The van der Waals surface area contributed by atoms with Gasteiger partial charge in [0.25, 0.3) is 0 Å². The molecule has 0 atom stereocenters. The molecule has 1 aliphatic rings. The number of thiazole rings is 1. The molecule has 4 aromatic rings. The molecule has 0 fully saturated rings. The first-order chi connectivity index (χ1) is 16.6. The van der Waals surface area contributed by atoms with Gasteiger partial charge in [0.2, 0.25) is 0 Å². The van der Waals surface area contributed by atoms with Gasteiger partial charge in [-0.1, -0.05) is 24.3 Å². The predicted octanol–water partition coefficient (Wildman–Crippen LogP) is 5.15. The van der Waals surface area contributed by atoms with Gasteiger partial charge < -0.3 is 18.8 Å². The summed E-state index contributed by atoms with van der Waals surface area (Å²) >= 11 is 1.29. The minimum absolute atomic E-state index is 0.110. The molecule has 2 aromatic carbocycles. The van der Waals surface area contributed by atoms with Crippen LogP contribution in [0.1, 0.15) is 24.0 Å². The van der Waals surface area contributed by atoms with Crippen molar-refractivity contribution in [2.45, 2.75) is 33.1 Å². The van der Waals surface area contributed by atoms with E-state index in [9.17, 15) is 9.18 Å². The molecule has 1 N–H and O–H groups in total. The van der Waals surface area contributed by atoms with Crippen LogP contribution in [-0.2, 0) is 35.7 Å². The zero-order valence-electron chi connectivity index (χ0n) is 18.8. The fourth-order valence-corrected chi connectivity index (χ4v) is 4.99. The summed E-state index contributed by atoms with van der Waals surface area (Å²) in [5.41, 5.74) is 4.13. The Balaban J connectivity index is 1.28. The monoisotopic (exact) mass is 482 g/mol. The molecule has 1 aliphatic heterocycles. The lowest BCUT2D eigenvalue weighted by molar-refractivity contribution is 0.0830. The van der Waals surface area contributed by atoms with Crippen LogP contribution in [0.4, 0.5) is 14.2 Å². The Morgan fingerprint density at radius 1 is 1.26 bits per heavy atom. The average molecular weight is 483 g/mol. The molecule has 34 heavy (non-hydrogen) atoms. The second kappa shape index (κ2) is 9.40. The van der Waals surface area contributed by atoms with Crippen molar-refractivity contribution in [1.29, 1.82) is 0 Å². The Morgan fingerprint density at radius 2 is 2.15 bits per heavy atom. The number of benzene rings is 2. The predicted molar refractivity (Wildman–Crippen MR) is 127 cm³/mol. The van der Waals surface area contributed by atoms with Gasteiger partial charge in [-0.3, -0.25) is 5.32 Å². The van der Waals surface area contributed by atoms with E-state index in [2.05, 4.69) is 19.9 Å². The van der Waals surface area contributed by atoms with Crippen molar-refractivity contribution >= 4 is 33.5 Å². The molecule has 1 amide bonds. The molecule has 0 saturated carbocycles. The van der Waals surface area contributed by atoms with Crippen LogP contribution < -0.4 is 10.1 Å². The van der Waals surface area contributed by atoms with E-state index in [0.29, 0.717) is 41.0 Å². The maximum Gasteiger partial charge on any atom is 0.412 e. The lowest BCUT2D eigenvalue weighted by atomic mass is 10.2. The number of aryl methyl sites for hydroxylation is 1. The lowest BCUT2D eigenvalue weighted by Crippen LogP contribution is -2.16. The van der Waals surface area contributed by atoms with Gasteiger partial charge in [-0.05, 0) is 36.2 Å². The summed E-state index contributed by atoms with van der Waals surface area (Å²) in [6, 6.07) is 10.1. The van der Waals surface area contributed by atoms with Crippen LogP contribution in [0.5, 0.6) is 5.75 Å². The molecule has 0 spiro atoms. The van der Waals surface area contributed by atoms with Gasteiger partial charge in [-0.25, -0.2) is 19.2 Å². The van der Waals surface area contributed by atoms with Crippen molar-refractivity contribution in [2.75, 3.05) is 19.0 Å². The molecule has 3 heterocycles. The number of hydrogen-bond donors (Lipinski definition) is 1. The van der Waals surface area contributed by atoms with Crippen LogP contribution in [0.15, 0.2) is 36.4 Å². The van der Waals surface area contributed by atoms with E-state index in [1.165, 1.54) is 30.6 Å². The molecular weight excluding hydrogens is 459 g/mol. The van der Waals surface area contributed by atoms with Gasteiger partial charge in [-0.2, -0.15) is 0 Å². The maximum absolute atomic E-state index is 13.6. The SMILES string of the molecule is CCc1nc(-c2ccc(F)cc2OC)sc1NC(=O)OCc1ccc2c(c1)nc1n2CCOC1. The molecule has 0 unspecified atom stereocenters. The van der Waals surface area contributed by atoms with E-state index in [0.717, 1.165) is 34.7 Å². The highest BCUT2D eigenvalue weighted by Gasteiger charge is 2.18. The zero-order chi connectivity index (χ0) is 23.7. The summed E-state index contributed by atoms with van der Waals surface area (Å²) in [6.07, 6.45) is 0.0367. The number of nitrogens with one attached hydrogen (secondary N) is 1. The minimum Gasteiger partial charge on any atom is -0.496 e. The average Bonchev–Trinajstić information content (AvgIpc) is 3.43. The molecule has 8 nitrogen and oxygen atoms in total. The first-order valence-electron chi connectivity index (χ1n) is 10.9. The molecule has 0 bridgehead atoms. The summed E-state index contributed by atoms with van der Waals surface area (Å²) in [5.74, 6) is 0.897. The van der Waals surface area contributed by atoms with Crippen molar-refractivity contribution < 1.29 is 23.4 Å². The number of carbonyl (C=O) groups excluding carboxylic acids is 1. The second-order valence-corrected chi connectivity index (χ2v) is 8.75. The Labute approximate surface area is 199 Å². The highest BCUT2D eigenvalue weighted by Crippen LogP contribution is 2.37. The van der Waals surface area contributed by atoms with Gasteiger partial charge in [0.05, 0.1) is 36.0 Å². The molecular formula is C24H23FN4O4S. The Morgan fingerprint density at radius 3 is 2.97 bits per heavy atom. The summed E-state index contributed by atoms with van der Waals surface area (Å²) < 4.78 is 31.9. The third kappa shape index (κ3) is 4.34. The molecule has 0 radical (unpaired) electrons. The van der Waals surface area contributed by atoms with Crippen LogP contribution in [-0.4, -0.2) is 34.3 Å². The van der Waals surface area contributed by atoms with Crippen LogP contribution in [0.3, 0.4) is 0 Å². The van der Waals surface area contributed by atoms with Crippen molar-refractivity contribution in [2.24, 2.45) is 0 Å². The zero-order valence-corrected chi connectivity index (χ0v) is 19.6. The van der Waals surface area contributed by atoms with Gasteiger partial charge in [-0.15, -0.1) is 0 Å². The number of aromatic nitrogens is 3. The topological polar surface area (TPSA) is 87.5 Å². The highest BCUT2D eigenvalue weighted by molar-refractivity contribution is 7.19. The van der Waals surface area contributed by atoms with Gasteiger partial charge in [0.15, 0.2) is 0 Å². The Kier molecular flexibility index (Phi) is 6.16. The van der Waals surface area contributed by atoms with Crippen molar-refractivity contribution in [1.82, 2.24) is 14.5 Å². The quantitative estimate of drug-likeness (QED) is 0.409. The number of halogens is 1. The van der Waals surface area contributed by atoms with Gasteiger partial charge >= 0.3 is 6.09 Å². The number of anilines is 1. The van der Waals surface area contributed by atoms with Crippen LogP contribution >= 0.6 is 11.3 Å². The van der Waals surface area contributed by atoms with Crippen LogP contribution in [0, 0.1) is 5.82 Å². The fraction of sp³-hybridized carbons (Fsp3) is 0.292. The lowest BCUT2D eigenvalue weighted by Gasteiger charge is -2.14. The number of carbonyl (C=O) groups is 1. The van der Waals surface area contributed by atoms with E-state index in [4.69, 9.17) is 14.2 Å². The van der Waals surface area contributed by atoms with E-state index >= 15 is 0 Å². The first-order valence-corrected chi connectivity index (χ1v) is 11.7. The van der Waals surface area contributed by atoms with Gasteiger partial charge in [0.1, 0.15) is 40.6 Å². The summed E-state index contributed by atoms with van der Waals surface area (Å²) in [5, 5.41) is 4.01. The molecule has 0 saturated heterocycles. The smallest absolute Gasteiger partial charge is 0.412 e. The first kappa shape index (κ1) is 22.3. The van der Waals surface area contributed by atoms with Crippen molar-refractivity contribution in [3.05, 3.63) is 59.3 Å². The number of amides is 1. The van der Waals surface area contributed by atoms with E-state index in [-0.39, 0.29) is 6.61 Å². The summed E-state index contributed by atoms with van der Waals surface area (Å²) in [4.78, 5) is 21.7. The third-order valence-electron chi connectivity index (χ3n) is 5.59. The van der Waals surface area contributed by atoms with E-state index in [1.54, 1.807) is 6.07 Å². The number of rotatable bonds is 6. The van der Waals surface area contributed by atoms with E-state index in [1.807, 2.05) is 25.1 Å². The minimum atomic E-state index is -0.575. The van der Waals surface area contributed by atoms with Crippen LogP contribution in [0.25, 0.3) is 21.6 Å². The number of hydrogen-bond acceptors (Lipinski definition) is 7. The van der Waals surface area contributed by atoms with Gasteiger partial charge in [0, 0.05) is 12.6 Å². The third-order valence-corrected chi connectivity index (χ3v) is 6.64. The van der Waals surface area contributed by atoms with Crippen LogP contribution in [0.2, 0.25) is 0 Å². The van der Waals surface area contributed by atoms with Crippen molar-refractivity contribution in [3.63, 3.8) is 0 Å².